The molecule has 0 saturated heterocycles. The molecule has 0 aliphatic heterocycles. The van der Waals surface area contributed by atoms with E-state index in [1.807, 2.05) is 6.07 Å². The van der Waals surface area contributed by atoms with Crippen LogP contribution in [0, 0.1) is 6.92 Å². The Kier molecular flexibility index (Phi) is 3.22. The topological polar surface area (TPSA) is 101 Å². The van der Waals surface area contributed by atoms with Crippen LogP contribution in [0.5, 0.6) is 0 Å². The Labute approximate surface area is 121 Å². The number of para-hydroxylation sites is 1. The lowest BCUT2D eigenvalue weighted by Gasteiger charge is -2.05. The fourth-order valence-electron chi connectivity index (χ4n) is 1.78. The van der Waals surface area contributed by atoms with Gasteiger partial charge >= 0.3 is 0 Å². The summed E-state index contributed by atoms with van der Waals surface area (Å²) >= 11 is 0. The molecule has 0 unspecified atom stereocenters. The highest BCUT2D eigenvalue weighted by Gasteiger charge is 2.18. The van der Waals surface area contributed by atoms with Gasteiger partial charge in [0.15, 0.2) is 0 Å². The molecule has 7 nitrogen and oxygen atoms in total. The smallest absolute Gasteiger partial charge is 0.264 e. The van der Waals surface area contributed by atoms with E-state index in [2.05, 4.69) is 19.9 Å². The molecule has 2 heterocycles. The van der Waals surface area contributed by atoms with Crippen molar-refractivity contribution >= 4 is 15.7 Å². The minimum atomic E-state index is -3.66. The minimum Gasteiger partial charge on any atom is -0.420 e. The number of benzene rings is 1. The highest BCUT2D eigenvalue weighted by atomic mass is 32.2. The molecule has 2 N–H and O–H groups in total. The van der Waals surface area contributed by atoms with Crippen molar-refractivity contribution in [2.45, 2.75) is 11.8 Å². The molecule has 0 radical (unpaired) electrons. The van der Waals surface area contributed by atoms with Crippen molar-refractivity contribution in [3.05, 3.63) is 48.5 Å². The largest absolute Gasteiger partial charge is 0.420 e. The number of aryl methyl sites for hydroxylation is 1. The second kappa shape index (κ2) is 5.06. The second-order valence-electron chi connectivity index (χ2n) is 4.35. The molecule has 3 rings (SSSR count). The number of H-pyrrole nitrogens is 1. The van der Waals surface area contributed by atoms with Crippen LogP contribution in [0.25, 0.3) is 11.6 Å². The quantitative estimate of drug-likeness (QED) is 0.769. The van der Waals surface area contributed by atoms with Crippen LogP contribution in [0.3, 0.4) is 0 Å². The first kappa shape index (κ1) is 13.4. The third kappa shape index (κ3) is 2.79. The summed E-state index contributed by atoms with van der Waals surface area (Å²) in [5.41, 5.74) is 0.943. The van der Waals surface area contributed by atoms with Gasteiger partial charge in [0.25, 0.3) is 15.9 Å². The van der Waals surface area contributed by atoms with Crippen LogP contribution in [0.15, 0.2) is 51.9 Å². The third-order valence-electron chi connectivity index (χ3n) is 2.75. The summed E-state index contributed by atoms with van der Waals surface area (Å²) in [6.45, 7) is 1.66. The molecule has 8 heteroatoms. The van der Waals surface area contributed by atoms with Crippen molar-refractivity contribution in [3.63, 3.8) is 0 Å². The van der Waals surface area contributed by atoms with Gasteiger partial charge in [-0.15, -0.1) is 10.2 Å². The number of hydrogen-bond acceptors (Lipinski definition) is 5. The number of aromatic nitrogens is 3. The maximum Gasteiger partial charge on any atom is 0.264 e. The van der Waals surface area contributed by atoms with Crippen molar-refractivity contribution < 1.29 is 12.8 Å². The van der Waals surface area contributed by atoms with Gasteiger partial charge in [0.2, 0.25) is 5.89 Å². The van der Waals surface area contributed by atoms with Gasteiger partial charge in [-0.05, 0) is 18.2 Å². The first-order valence-corrected chi connectivity index (χ1v) is 7.60. The van der Waals surface area contributed by atoms with Crippen LogP contribution in [-0.2, 0) is 10.0 Å². The average molecular weight is 304 g/mol. The molecule has 0 saturated carbocycles. The van der Waals surface area contributed by atoms with Gasteiger partial charge in [-0.25, -0.2) is 8.42 Å². The van der Waals surface area contributed by atoms with Gasteiger partial charge in [0.05, 0.1) is 0 Å². The summed E-state index contributed by atoms with van der Waals surface area (Å²) < 4.78 is 32.2. The van der Waals surface area contributed by atoms with E-state index in [1.165, 1.54) is 12.3 Å². The van der Waals surface area contributed by atoms with E-state index in [4.69, 9.17) is 4.42 Å². The SMILES string of the molecule is Cc1nnc(-c2cc(S(=O)(=O)Nc3ccccc3)c[nH]2)o1. The Morgan fingerprint density at radius 1 is 1.19 bits per heavy atom. The highest BCUT2D eigenvalue weighted by Crippen LogP contribution is 2.22. The summed E-state index contributed by atoms with van der Waals surface area (Å²) in [5.74, 6) is 0.653. The highest BCUT2D eigenvalue weighted by molar-refractivity contribution is 7.92. The van der Waals surface area contributed by atoms with E-state index in [0.29, 0.717) is 17.3 Å². The van der Waals surface area contributed by atoms with Crippen molar-refractivity contribution in [1.82, 2.24) is 15.2 Å². The fraction of sp³-hybridized carbons (Fsp3) is 0.0769. The van der Waals surface area contributed by atoms with E-state index < -0.39 is 10.0 Å². The van der Waals surface area contributed by atoms with Gasteiger partial charge < -0.3 is 9.40 Å². The summed E-state index contributed by atoms with van der Waals surface area (Å²) in [6.07, 6.45) is 1.38. The summed E-state index contributed by atoms with van der Waals surface area (Å²) in [7, 11) is -3.66. The van der Waals surface area contributed by atoms with E-state index in [9.17, 15) is 8.42 Å². The third-order valence-corrected chi connectivity index (χ3v) is 4.11. The van der Waals surface area contributed by atoms with Gasteiger partial charge in [-0.3, -0.25) is 4.72 Å². The zero-order valence-corrected chi connectivity index (χ0v) is 11.9. The summed E-state index contributed by atoms with van der Waals surface area (Å²) in [4.78, 5) is 2.91. The standard InChI is InChI=1S/C13H12N4O3S/c1-9-15-16-13(20-9)12-7-11(8-14-12)21(18,19)17-10-5-3-2-4-6-10/h2-8,14,17H,1H3. The van der Waals surface area contributed by atoms with Crippen molar-refractivity contribution in [1.29, 1.82) is 0 Å². The van der Waals surface area contributed by atoms with E-state index in [0.717, 1.165) is 0 Å². The van der Waals surface area contributed by atoms with E-state index in [-0.39, 0.29) is 10.8 Å². The van der Waals surface area contributed by atoms with Crippen LogP contribution in [0.2, 0.25) is 0 Å². The molecule has 0 aliphatic rings. The van der Waals surface area contributed by atoms with Crippen LogP contribution < -0.4 is 4.72 Å². The predicted molar refractivity (Wildman–Crippen MR) is 76.1 cm³/mol. The number of anilines is 1. The Bertz CT molecular complexity index is 852. The molecule has 108 valence electrons. The van der Waals surface area contributed by atoms with E-state index >= 15 is 0 Å². The molecule has 2 aromatic heterocycles. The van der Waals surface area contributed by atoms with E-state index in [1.54, 1.807) is 31.2 Å². The van der Waals surface area contributed by atoms with Gasteiger partial charge in [-0.1, -0.05) is 18.2 Å². The molecule has 3 aromatic rings. The predicted octanol–water partition coefficient (Wildman–Crippen LogP) is 2.17. The number of nitrogens with one attached hydrogen (secondary N) is 2. The summed E-state index contributed by atoms with van der Waals surface area (Å²) in [5, 5.41) is 7.53. The monoisotopic (exact) mass is 304 g/mol. The molecular formula is C13H12N4O3S. The number of rotatable bonds is 4. The van der Waals surface area contributed by atoms with Gasteiger partial charge in [-0.2, -0.15) is 0 Å². The minimum absolute atomic E-state index is 0.0946. The number of aromatic amines is 1. The Balaban J connectivity index is 1.88. The normalized spacial score (nSPS) is 11.5. The molecule has 0 aliphatic carbocycles. The molecule has 0 atom stereocenters. The van der Waals surface area contributed by atoms with Crippen LogP contribution in [0.4, 0.5) is 5.69 Å². The fourth-order valence-corrected chi connectivity index (χ4v) is 2.83. The lowest BCUT2D eigenvalue weighted by atomic mass is 10.3. The first-order chi connectivity index (χ1) is 10.0. The number of sulfonamides is 1. The maximum absolute atomic E-state index is 12.3. The van der Waals surface area contributed by atoms with Crippen molar-refractivity contribution in [3.8, 4) is 11.6 Å². The zero-order valence-electron chi connectivity index (χ0n) is 11.1. The number of nitrogens with zero attached hydrogens (tertiary/aromatic N) is 2. The Hall–Kier alpha value is -2.61. The Morgan fingerprint density at radius 3 is 2.62 bits per heavy atom. The molecule has 1 aromatic carbocycles. The lowest BCUT2D eigenvalue weighted by Crippen LogP contribution is -2.11. The first-order valence-electron chi connectivity index (χ1n) is 6.11. The molecule has 0 fully saturated rings. The summed E-state index contributed by atoms with van der Waals surface area (Å²) in [6, 6.07) is 10.1. The van der Waals surface area contributed by atoms with Crippen molar-refractivity contribution in [2.24, 2.45) is 0 Å². The van der Waals surface area contributed by atoms with Gasteiger partial charge in [0.1, 0.15) is 10.6 Å². The van der Waals surface area contributed by atoms with Gasteiger partial charge in [0, 0.05) is 18.8 Å². The lowest BCUT2D eigenvalue weighted by molar-refractivity contribution is 0.531. The molecule has 21 heavy (non-hydrogen) atoms. The zero-order chi connectivity index (χ0) is 14.9. The number of hydrogen-bond donors (Lipinski definition) is 2. The molecule has 0 bridgehead atoms. The van der Waals surface area contributed by atoms with Crippen LogP contribution in [-0.4, -0.2) is 23.6 Å². The Morgan fingerprint density at radius 2 is 1.95 bits per heavy atom. The van der Waals surface area contributed by atoms with Crippen molar-refractivity contribution in [2.75, 3.05) is 4.72 Å². The second-order valence-corrected chi connectivity index (χ2v) is 6.03. The molecule has 0 spiro atoms. The maximum atomic E-state index is 12.3. The molecule has 0 amide bonds. The van der Waals surface area contributed by atoms with Crippen LogP contribution >= 0.6 is 0 Å². The average Bonchev–Trinajstić information content (AvgIpc) is 3.08. The van der Waals surface area contributed by atoms with Crippen LogP contribution in [0.1, 0.15) is 5.89 Å². The molecular weight excluding hydrogens is 292 g/mol.